The summed E-state index contributed by atoms with van der Waals surface area (Å²) in [7, 11) is 0. The van der Waals surface area contributed by atoms with Crippen LogP contribution in [0.5, 0.6) is 0 Å². The van der Waals surface area contributed by atoms with Gasteiger partial charge in [-0.2, -0.15) is 0 Å². The fourth-order valence-electron chi connectivity index (χ4n) is 9.39. The van der Waals surface area contributed by atoms with E-state index in [2.05, 4.69) is 222 Å². The Morgan fingerprint density at radius 1 is 0.302 bits per heavy atom. The van der Waals surface area contributed by atoms with Crippen LogP contribution < -0.4 is 0 Å². The van der Waals surface area contributed by atoms with E-state index in [1.165, 1.54) is 49.4 Å². The number of hydrogen-bond donors (Lipinski definition) is 0. The fraction of sp³-hybridized carbons (Fsp3) is 0. The maximum atomic E-state index is 5.37. The van der Waals surface area contributed by atoms with Crippen molar-refractivity contribution in [3.8, 4) is 73.0 Å². The van der Waals surface area contributed by atoms with Crippen molar-refractivity contribution in [2.24, 2.45) is 0 Å². The average molecular weight is 803 g/mol. The Kier molecular flexibility index (Phi) is 8.79. The monoisotopic (exact) mass is 802 g/mol. The number of fused-ring (bicyclic) bond motifs is 5. The molecule has 3 aromatic heterocycles. The van der Waals surface area contributed by atoms with E-state index in [1.807, 2.05) is 18.5 Å². The second kappa shape index (κ2) is 15.2. The summed E-state index contributed by atoms with van der Waals surface area (Å²) in [5, 5.41) is 7.07. The highest BCUT2D eigenvalue weighted by Gasteiger charge is 2.19. The van der Waals surface area contributed by atoms with E-state index in [4.69, 9.17) is 9.97 Å². The molecule has 0 aliphatic rings. The summed E-state index contributed by atoms with van der Waals surface area (Å²) in [6, 6.07) is 77.7. The van der Waals surface area contributed by atoms with Gasteiger partial charge in [-0.15, -0.1) is 0 Å². The Hall–Kier alpha value is -8.47. The molecule has 0 unspecified atom stereocenters. The van der Waals surface area contributed by atoms with Gasteiger partial charge >= 0.3 is 0 Å². The van der Waals surface area contributed by atoms with Gasteiger partial charge in [-0.1, -0.05) is 176 Å². The minimum absolute atomic E-state index is 0.672. The van der Waals surface area contributed by atoms with E-state index in [0.717, 1.165) is 61.1 Å². The van der Waals surface area contributed by atoms with Gasteiger partial charge in [-0.25, -0.2) is 9.97 Å². The molecular weight excluding hydrogens is 765 g/mol. The highest BCUT2D eigenvalue weighted by atomic mass is 15.0. The average Bonchev–Trinajstić information content (AvgIpc) is 3.70. The molecule has 0 amide bonds. The van der Waals surface area contributed by atoms with Crippen molar-refractivity contribution in [3.05, 3.63) is 231 Å². The summed E-state index contributed by atoms with van der Waals surface area (Å²) in [5.41, 5.74) is 15.2. The molecule has 4 heteroatoms. The molecular formula is C59H38N4. The van der Waals surface area contributed by atoms with Crippen molar-refractivity contribution in [1.29, 1.82) is 0 Å². The summed E-state index contributed by atoms with van der Waals surface area (Å²) in [6.45, 7) is 0. The minimum Gasteiger partial charge on any atom is -0.309 e. The lowest BCUT2D eigenvalue weighted by molar-refractivity contribution is 1.17. The first-order valence-corrected chi connectivity index (χ1v) is 21.3. The van der Waals surface area contributed by atoms with Gasteiger partial charge in [0.2, 0.25) is 0 Å². The molecule has 0 N–H and O–H groups in total. The molecule has 0 spiro atoms. The van der Waals surface area contributed by atoms with Gasteiger partial charge in [0.1, 0.15) is 0 Å². The maximum absolute atomic E-state index is 5.37. The van der Waals surface area contributed by atoms with E-state index >= 15 is 0 Å². The van der Waals surface area contributed by atoms with Crippen LogP contribution in [0.15, 0.2) is 231 Å². The number of pyridine rings is 1. The van der Waals surface area contributed by atoms with Crippen LogP contribution in [0.25, 0.3) is 116 Å². The van der Waals surface area contributed by atoms with Crippen LogP contribution in [0.1, 0.15) is 0 Å². The molecule has 294 valence electrons. The summed E-state index contributed by atoms with van der Waals surface area (Å²) in [4.78, 5) is 15.2. The third-order valence-electron chi connectivity index (χ3n) is 12.3. The van der Waals surface area contributed by atoms with Crippen LogP contribution in [0, 0.1) is 0 Å². The summed E-state index contributed by atoms with van der Waals surface area (Å²) < 4.78 is 2.33. The Balaban J connectivity index is 1.01. The zero-order valence-electron chi connectivity index (χ0n) is 34.2. The molecule has 0 fully saturated rings. The fourth-order valence-corrected chi connectivity index (χ4v) is 9.39. The number of nitrogens with zero attached hydrogens (tertiary/aromatic N) is 4. The smallest absolute Gasteiger partial charge is 0.160 e. The van der Waals surface area contributed by atoms with Gasteiger partial charge < -0.3 is 4.57 Å². The van der Waals surface area contributed by atoms with Crippen LogP contribution in [-0.4, -0.2) is 19.5 Å². The third kappa shape index (κ3) is 6.36. The molecule has 0 aliphatic heterocycles. The predicted octanol–water partition coefficient (Wildman–Crippen LogP) is 15.3. The molecule has 12 aromatic rings. The Morgan fingerprint density at radius 3 is 1.44 bits per heavy atom. The summed E-state index contributed by atoms with van der Waals surface area (Å²) in [6.07, 6.45) is 3.85. The van der Waals surface area contributed by atoms with Crippen molar-refractivity contribution in [2.75, 3.05) is 0 Å². The molecule has 0 atom stereocenters. The van der Waals surface area contributed by atoms with Gasteiger partial charge in [-0.3, -0.25) is 4.98 Å². The zero-order chi connectivity index (χ0) is 41.7. The van der Waals surface area contributed by atoms with Gasteiger partial charge in [0, 0.05) is 45.5 Å². The molecule has 0 radical (unpaired) electrons. The van der Waals surface area contributed by atoms with Crippen LogP contribution >= 0.6 is 0 Å². The standard InChI is InChI=1S/C59H38N4/c1-4-15-39(16-5-1)40-27-30-46(31-28-40)63-55-32-29-43(36-51(55)52-38-60-34-33-56(52)63)54-37-53(41-17-6-2-7-18-41)61-59(62-54)45-22-14-21-44(35-45)58-49-25-12-10-23-47(49)57(42-19-8-3-9-20-42)48-24-11-13-26-50(48)58/h1-38H. The SMILES string of the molecule is c1ccc(-c2ccc(-n3c4ccncc4c4cc(-c5cc(-c6ccccc6)nc(-c6cccc(-c7c8ccccc8c(-c8ccccc8)c8ccccc78)c6)n5)ccc43)cc2)cc1. The number of rotatable bonds is 7. The number of benzene rings is 9. The molecule has 0 bridgehead atoms. The summed E-state index contributed by atoms with van der Waals surface area (Å²) in [5.74, 6) is 0.672. The first-order chi connectivity index (χ1) is 31.2. The normalized spacial score (nSPS) is 11.5. The summed E-state index contributed by atoms with van der Waals surface area (Å²) >= 11 is 0. The molecule has 0 aliphatic carbocycles. The van der Waals surface area contributed by atoms with Crippen LogP contribution in [0.3, 0.4) is 0 Å². The molecule has 4 nitrogen and oxygen atoms in total. The van der Waals surface area contributed by atoms with Crippen molar-refractivity contribution < 1.29 is 0 Å². The number of aromatic nitrogens is 4. The van der Waals surface area contributed by atoms with E-state index < -0.39 is 0 Å². The van der Waals surface area contributed by atoms with Crippen LogP contribution in [-0.2, 0) is 0 Å². The van der Waals surface area contributed by atoms with Crippen LogP contribution in [0.4, 0.5) is 0 Å². The van der Waals surface area contributed by atoms with E-state index in [0.29, 0.717) is 5.82 Å². The molecule has 9 aromatic carbocycles. The van der Waals surface area contributed by atoms with Crippen LogP contribution in [0.2, 0.25) is 0 Å². The molecule has 0 saturated heterocycles. The predicted molar refractivity (Wildman–Crippen MR) is 262 cm³/mol. The topological polar surface area (TPSA) is 43.6 Å². The van der Waals surface area contributed by atoms with Crippen molar-refractivity contribution >= 4 is 43.4 Å². The van der Waals surface area contributed by atoms with Crippen molar-refractivity contribution in [3.63, 3.8) is 0 Å². The van der Waals surface area contributed by atoms with Crippen molar-refractivity contribution in [1.82, 2.24) is 19.5 Å². The Bertz CT molecular complexity index is 3590. The second-order valence-electron chi connectivity index (χ2n) is 16.0. The lowest BCUT2D eigenvalue weighted by atomic mass is 9.85. The van der Waals surface area contributed by atoms with E-state index in [1.54, 1.807) is 0 Å². The molecule has 0 saturated carbocycles. The van der Waals surface area contributed by atoms with E-state index in [9.17, 15) is 0 Å². The first kappa shape index (κ1) is 36.4. The van der Waals surface area contributed by atoms with Gasteiger partial charge in [0.05, 0.1) is 22.4 Å². The lowest BCUT2D eigenvalue weighted by Crippen LogP contribution is -1.97. The van der Waals surface area contributed by atoms with Crippen molar-refractivity contribution in [2.45, 2.75) is 0 Å². The Labute approximate surface area is 365 Å². The largest absolute Gasteiger partial charge is 0.309 e. The maximum Gasteiger partial charge on any atom is 0.160 e. The number of hydrogen-bond acceptors (Lipinski definition) is 3. The highest BCUT2D eigenvalue weighted by Crippen LogP contribution is 2.44. The molecule has 3 heterocycles. The molecule has 63 heavy (non-hydrogen) atoms. The Morgan fingerprint density at radius 2 is 0.794 bits per heavy atom. The lowest BCUT2D eigenvalue weighted by Gasteiger charge is -2.18. The highest BCUT2D eigenvalue weighted by molar-refractivity contribution is 6.21. The first-order valence-electron chi connectivity index (χ1n) is 21.3. The quantitative estimate of drug-likeness (QED) is 0.151. The second-order valence-corrected chi connectivity index (χ2v) is 16.0. The van der Waals surface area contributed by atoms with E-state index in [-0.39, 0.29) is 0 Å². The van der Waals surface area contributed by atoms with Gasteiger partial charge in [0.15, 0.2) is 5.82 Å². The van der Waals surface area contributed by atoms with Gasteiger partial charge in [-0.05, 0) is 97.4 Å². The third-order valence-corrected chi connectivity index (χ3v) is 12.3. The van der Waals surface area contributed by atoms with Gasteiger partial charge in [0.25, 0.3) is 0 Å². The minimum atomic E-state index is 0.672. The zero-order valence-corrected chi connectivity index (χ0v) is 34.2. The molecule has 12 rings (SSSR count).